The normalized spacial score (nSPS) is 11.7. The molecule has 0 saturated heterocycles. The van der Waals surface area contributed by atoms with Crippen LogP contribution in [0.3, 0.4) is 0 Å². The number of aromatic nitrogens is 2. The highest BCUT2D eigenvalue weighted by molar-refractivity contribution is 6.01. The number of rotatable bonds is 6. The lowest BCUT2D eigenvalue weighted by Crippen LogP contribution is -2.10. The first-order valence-corrected chi connectivity index (χ1v) is 8.51. The van der Waals surface area contributed by atoms with E-state index in [4.69, 9.17) is 4.42 Å². The highest BCUT2D eigenvalue weighted by Crippen LogP contribution is 2.32. The van der Waals surface area contributed by atoms with Crippen molar-refractivity contribution in [2.24, 2.45) is 0 Å². The molecule has 0 atom stereocenters. The van der Waals surface area contributed by atoms with Crippen LogP contribution in [0.4, 0.5) is 19.0 Å². The number of amides is 1. The molecule has 1 N–H and O–H groups in total. The van der Waals surface area contributed by atoms with E-state index >= 15 is 0 Å². The first-order chi connectivity index (χ1) is 13.7. The zero-order valence-corrected chi connectivity index (χ0v) is 15.2. The maximum atomic E-state index is 13.0. The fourth-order valence-electron chi connectivity index (χ4n) is 2.56. The Kier molecular flexibility index (Phi) is 5.67. The molecule has 0 aliphatic heterocycles. The lowest BCUT2D eigenvalue weighted by molar-refractivity contribution is -0.137. The van der Waals surface area contributed by atoms with E-state index in [1.54, 1.807) is 18.3 Å². The Bertz CT molecular complexity index is 1060. The fourth-order valence-corrected chi connectivity index (χ4v) is 2.56. The van der Waals surface area contributed by atoms with E-state index in [1.165, 1.54) is 35.9 Å². The monoisotopic (exact) mass is 403 g/mol. The van der Waals surface area contributed by atoms with Crippen LogP contribution in [0.2, 0.25) is 0 Å². The maximum Gasteiger partial charge on any atom is 0.416 e. The SMILES string of the molecule is CC(=O)c1ccc(Cn2ccc(NC(=O)/C=C/c3ccccc3C(F)(F)F)n2)o1. The molecule has 0 bridgehead atoms. The minimum Gasteiger partial charge on any atom is -0.456 e. The number of carbonyl (C=O) groups is 2. The van der Waals surface area contributed by atoms with Crippen molar-refractivity contribution in [2.45, 2.75) is 19.6 Å². The van der Waals surface area contributed by atoms with Gasteiger partial charge >= 0.3 is 6.18 Å². The Morgan fingerprint density at radius 3 is 2.62 bits per heavy atom. The summed E-state index contributed by atoms with van der Waals surface area (Å²) in [6.45, 7) is 1.64. The van der Waals surface area contributed by atoms with Gasteiger partial charge in [0.05, 0.1) is 12.1 Å². The predicted octanol–water partition coefficient (Wildman–Crippen LogP) is 4.40. The molecule has 0 aliphatic carbocycles. The van der Waals surface area contributed by atoms with Crippen molar-refractivity contribution < 1.29 is 27.2 Å². The van der Waals surface area contributed by atoms with Crippen molar-refractivity contribution in [1.29, 1.82) is 0 Å². The number of benzene rings is 1. The summed E-state index contributed by atoms with van der Waals surface area (Å²) in [5.74, 6) is 0.166. The van der Waals surface area contributed by atoms with Crippen molar-refractivity contribution in [3.63, 3.8) is 0 Å². The van der Waals surface area contributed by atoms with Gasteiger partial charge in [0.25, 0.3) is 0 Å². The number of alkyl halides is 3. The summed E-state index contributed by atoms with van der Waals surface area (Å²) in [5.41, 5.74) is -0.934. The molecule has 3 rings (SSSR count). The Balaban J connectivity index is 1.63. The van der Waals surface area contributed by atoms with Crippen LogP contribution in [0.25, 0.3) is 6.08 Å². The molecule has 0 radical (unpaired) electrons. The minimum atomic E-state index is -4.51. The van der Waals surface area contributed by atoms with Crippen LogP contribution >= 0.6 is 0 Å². The second-order valence-corrected chi connectivity index (χ2v) is 6.13. The number of carbonyl (C=O) groups excluding carboxylic acids is 2. The van der Waals surface area contributed by atoms with Crippen LogP contribution in [0.15, 0.2) is 59.2 Å². The summed E-state index contributed by atoms with van der Waals surface area (Å²) < 4.78 is 45.8. The van der Waals surface area contributed by atoms with Gasteiger partial charge in [-0.05, 0) is 29.8 Å². The highest BCUT2D eigenvalue weighted by atomic mass is 19.4. The third-order valence-corrected chi connectivity index (χ3v) is 3.90. The number of hydrogen-bond acceptors (Lipinski definition) is 4. The second-order valence-electron chi connectivity index (χ2n) is 6.13. The summed E-state index contributed by atoms with van der Waals surface area (Å²) in [4.78, 5) is 23.3. The number of nitrogens with zero attached hydrogens (tertiary/aromatic N) is 2. The largest absolute Gasteiger partial charge is 0.456 e. The van der Waals surface area contributed by atoms with Gasteiger partial charge in [-0.15, -0.1) is 0 Å². The second kappa shape index (κ2) is 8.17. The number of nitrogens with one attached hydrogen (secondary N) is 1. The van der Waals surface area contributed by atoms with Crippen LogP contribution in [-0.2, 0) is 17.5 Å². The first kappa shape index (κ1) is 20.1. The molecule has 2 aromatic heterocycles. The molecule has 2 heterocycles. The third-order valence-electron chi connectivity index (χ3n) is 3.90. The number of furan rings is 1. The van der Waals surface area contributed by atoms with Crippen molar-refractivity contribution in [3.05, 3.63) is 77.4 Å². The quantitative estimate of drug-likeness (QED) is 0.489. The van der Waals surface area contributed by atoms with Crippen molar-refractivity contribution in [3.8, 4) is 0 Å². The number of Topliss-reactive ketones (excluding diaryl/α,β-unsaturated/α-hetero) is 1. The van der Waals surface area contributed by atoms with Crippen molar-refractivity contribution >= 4 is 23.6 Å². The van der Waals surface area contributed by atoms with Crippen LogP contribution in [0.5, 0.6) is 0 Å². The molecule has 1 aromatic carbocycles. The highest BCUT2D eigenvalue weighted by Gasteiger charge is 2.32. The van der Waals surface area contributed by atoms with Gasteiger partial charge in [-0.2, -0.15) is 18.3 Å². The molecular formula is C20H16F3N3O3. The third kappa shape index (κ3) is 5.22. The van der Waals surface area contributed by atoms with E-state index in [1.807, 2.05) is 0 Å². The Morgan fingerprint density at radius 1 is 1.17 bits per heavy atom. The van der Waals surface area contributed by atoms with Gasteiger partial charge in [-0.25, -0.2) is 0 Å². The average Bonchev–Trinajstić information content (AvgIpc) is 3.29. The first-order valence-electron chi connectivity index (χ1n) is 8.51. The Hall–Kier alpha value is -3.62. The molecule has 150 valence electrons. The van der Waals surface area contributed by atoms with E-state index in [2.05, 4.69) is 10.4 Å². The average molecular weight is 403 g/mol. The number of anilines is 1. The molecule has 6 nitrogen and oxygen atoms in total. The minimum absolute atomic E-state index is 0.111. The standard InChI is InChI=1S/C20H16F3N3O3/c1-13(27)17-8-7-15(29-17)12-26-11-10-18(25-26)24-19(28)9-6-14-4-2-3-5-16(14)20(21,22)23/h2-11H,12H2,1H3,(H,24,25,28)/b9-6+. The molecule has 0 aliphatic rings. The van der Waals surface area contributed by atoms with Gasteiger partial charge in [0.2, 0.25) is 5.91 Å². The van der Waals surface area contributed by atoms with Gasteiger partial charge in [0, 0.05) is 25.3 Å². The summed E-state index contributed by atoms with van der Waals surface area (Å²) in [5, 5.41) is 6.61. The fraction of sp³-hybridized carbons (Fsp3) is 0.150. The summed E-state index contributed by atoms with van der Waals surface area (Å²) in [7, 11) is 0. The summed E-state index contributed by atoms with van der Waals surface area (Å²) in [6, 6.07) is 9.71. The van der Waals surface area contributed by atoms with Crippen molar-refractivity contribution in [2.75, 3.05) is 5.32 Å². The van der Waals surface area contributed by atoms with E-state index < -0.39 is 17.6 Å². The summed E-state index contributed by atoms with van der Waals surface area (Å²) in [6.07, 6.45) is -0.810. The lowest BCUT2D eigenvalue weighted by atomic mass is 10.1. The van der Waals surface area contributed by atoms with Gasteiger partial charge in [-0.3, -0.25) is 14.3 Å². The Labute approximate surface area is 163 Å². The molecule has 1 amide bonds. The Morgan fingerprint density at radius 2 is 1.93 bits per heavy atom. The van der Waals surface area contributed by atoms with Crippen LogP contribution < -0.4 is 5.32 Å². The maximum absolute atomic E-state index is 13.0. The molecule has 0 unspecified atom stereocenters. The number of ketones is 1. The zero-order valence-electron chi connectivity index (χ0n) is 15.2. The predicted molar refractivity (Wildman–Crippen MR) is 99.1 cm³/mol. The molecule has 29 heavy (non-hydrogen) atoms. The molecule has 0 spiro atoms. The smallest absolute Gasteiger partial charge is 0.416 e. The van der Waals surface area contributed by atoms with Gasteiger partial charge < -0.3 is 9.73 Å². The summed E-state index contributed by atoms with van der Waals surface area (Å²) >= 11 is 0. The van der Waals surface area contributed by atoms with E-state index in [-0.39, 0.29) is 29.5 Å². The van der Waals surface area contributed by atoms with Crippen LogP contribution in [0.1, 0.15) is 34.4 Å². The van der Waals surface area contributed by atoms with Crippen LogP contribution in [0, 0.1) is 0 Å². The molecule has 3 aromatic rings. The molecule has 0 fully saturated rings. The molecular weight excluding hydrogens is 387 g/mol. The van der Waals surface area contributed by atoms with E-state index in [9.17, 15) is 22.8 Å². The lowest BCUT2D eigenvalue weighted by Gasteiger charge is -2.09. The molecule has 0 saturated carbocycles. The molecule has 9 heteroatoms. The number of hydrogen-bond donors (Lipinski definition) is 1. The topological polar surface area (TPSA) is 77.1 Å². The van der Waals surface area contributed by atoms with Gasteiger partial charge in [0.15, 0.2) is 17.4 Å². The van der Waals surface area contributed by atoms with Gasteiger partial charge in [0.1, 0.15) is 5.76 Å². The van der Waals surface area contributed by atoms with E-state index in [0.29, 0.717) is 5.76 Å². The van der Waals surface area contributed by atoms with Crippen molar-refractivity contribution in [1.82, 2.24) is 9.78 Å². The van der Waals surface area contributed by atoms with Crippen LogP contribution in [-0.4, -0.2) is 21.5 Å². The number of halogens is 3. The zero-order chi connectivity index (χ0) is 21.0. The van der Waals surface area contributed by atoms with Gasteiger partial charge in [-0.1, -0.05) is 18.2 Å². The van der Waals surface area contributed by atoms with E-state index in [0.717, 1.165) is 18.2 Å².